The lowest BCUT2D eigenvalue weighted by Gasteiger charge is -2.39. The summed E-state index contributed by atoms with van der Waals surface area (Å²) in [5.74, 6) is 0. The van der Waals surface area contributed by atoms with Crippen LogP contribution in [-0.4, -0.2) is 19.2 Å². The minimum atomic E-state index is -0.129. The molecule has 0 amide bonds. The highest BCUT2D eigenvalue weighted by Gasteiger charge is 2.34. The summed E-state index contributed by atoms with van der Waals surface area (Å²) in [6, 6.07) is 9.59. The van der Waals surface area contributed by atoms with E-state index < -0.39 is 0 Å². The lowest BCUT2D eigenvalue weighted by atomic mass is 9.85. The normalized spacial score (nSPS) is 27.4. The summed E-state index contributed by atoms with van der Waals surface area (Å²) in [4.78, 5) is 0. The third-order valence-electron chi connectivity index (χ3n) is 4.12. The molecule has 2 nitrogen and oxygen atoms in total. The van der Waals surface area contributed by atoms with Gasteiger partial charge in [-0.15, -0.1) is 0 Å². The molecule has 1 saturated heterocycles. The standard InChI is InChI=1S/C17H27NO/c1-4-6-14-7-9-15(10-8-14)17(3)13-16(18-5-2)11-12-19-17/h7-10,16,18H,4-6,11-13H2,1-3H3. The fourth-order valence-electron chi connectivity index (χ4n) is 3.03. The molecule has 0 aromatic heterocycles. The second-order valence-electron chi connectivity index (χ2n) is 5.77. The van der Waals surface area contributed by atoms with E-state index in [1.807, 2.05) is 0 Å². The van der Waals surface area contributed by atoms with Crippen LogP contribution in [0, 0.1) is 0 Å². The Morgan fingerprint density at radius 1 is 1.26 bits per heavy atom. The van der Waals surface area contributed by atoms with Crippen molar-refractivity contribution in [1.82, 2.24) is 5.32 Å². The van der Waals surface area contributed by atoms with E-state index in [1.54, 1.807) is 0 Å². The first-order valence-electron chi connectivity index (χ1n) is 7.64. The van der Waals surface area contributed by atoms with Crippen LogP contribution in [0.5, 0.6) is 0 Å². The van der Waals surface area contributed by atoms with Gasteiger partial charge in [0.25, 0.3) is 0 Å². The van der Waals surface area contributed by atoms with E-state index in [0.29, 0.717) is 6.04 Å². The zero-order valence-corrected chi connectivity index (χ0v) is 12.5. The molecule has 0 aliphatic carbocycles. The predicted molar refractivity (Wildman–Crippen MR) is 80.4 cm³/mol. The summed E-state index contributed by atoms with van der Waals surface area (Å²) in [6.45, 7) is 8.51. The number of rotatable bonds is 5. The second kappa shape index (κ2) is 6.53. The Bertz CT molecular complexity index is 385. The van der Waals surface area contributed by atoms with E-state index >= 15 is 0 Å². The lowest BCUT2D eigenvalue weighted by molar-refractivity contribution is -0.0810. The van der Waals surface area contributed by atoms with E-state index in [-0.39, 0.29) is 5.60 Å². The molecule has 2 atom stereocenters. The fourth-order valence-corrected chi connectivity index (χ4v) is 3.03. The molecule has 0 radical (unpaired) electrons. The summed E-state index contributed by atoms with van der Waals surface area (Å²) in [5, 5.41) is 3.56. The molecule has 1 heterocycles. The molecular weight excluding hydrogens is 234 g/mol. The maximum absolute atomic E-state index is 6.09. The molecule has 2 unspecified atom stereocenters. The highest BCUT2D eigenvalue weighted by atomic mass is 16.5. The molecule has 1 N–H and O–H groups in total. The van der Waals surface area contributed by atoms with Gasteiger partial charge in [0.05, 0.1) is 5.60 Å². The molecule has 2 heteroatoms. The molecule has 0 saturated carbocycles. The first kappa shape index (κ1) is 14.5. The number of aryl methyl sites for hydroxylation is 1. The van der Waals surface area contributed by atoms with Crippen molar-refractivity contribution < 1.29 is 4.74 Å². The van der Waals surface area contributed by atoms with Gasteiger partial charge in [0.2, 0.25) is 0 Å². The Kier molecular flexibility index (Phi) is 5.00. The van der Waals surface area contributed by atoms with Gasteiger partial charge in [0.15, 0.2) is 0 Å². The van der Waals surface area contributed by atoms with Crippen LogP contribution in [0.2, 0.25) is 0 Å². The molecule has 1 aromatic rings. The summed E-state index contributed by atoms with van der Waals surface area (Å²) in [6.07, 6.45) is 4.55. The molecule has 106 valence electrons. The number of hydrogen-bond acceptors (Lipinski definition) is 2. The van der Waals surface area contributed by atoms with Crippen LogP contribution in [0.25, 0.3) is 0 Å². The maximum atomic E-state index is 6.09. The van der Waals surface area contributed by atoms with Crippen LogP contribution in [0.1, 0.15) is 51.2 Å². The number of benzene rings is 1. The molecule has 19 heavy (non-hydrogen) atoms. The number of ether oxygens (including phenoxy) is 1. The monoisotopic (exact) mass is 261 g/mol. The molecule has 2 rings (SSSR count). The largest absolute Gasteiger partial charge is 0.370 e. The van der Waals surface area contributed by atoms with Gasteiger partial charge in [-0.2, -0.15) is 0 Å². The van der Waals surface area contributed by atoms with Gasteiger partial charge in [-0.25, -0.2) is 0 Å². The van der Waals surface area contributed by atoms with Crippen molar-refractivity contribution in [2.24, 2.45) is 0 Å². The minimum absolute atomic E-state index is 0.129. The van der Waals surface area contributed by atoms with E-state index in [0.717, 1.165) is 32.4 Å². The van der Waals surface area contributed by atoms with Crippen LogP contribution in [-0.2, 0) is 16.8 Å². The van der Waals surface area contributed by atoms with E-state index in [4.69, 9.17) is 4.74 Å². The smallest absolute Gasteiger partial charge is 0.0918 e. The van der Waals surface area contributed by atoms with Gasteiger partial charge in [-0.05, 0) is 43.9 Å². The fraction of sp³-hybridized carbons (Fsp3) is 0.647. The van der Waals surface area contributed by atoms with Crippen molar-refractivity contribution in [1.29, 1.82) is 0 Å². The molecule has 0 spiro atoms. The van der Waals surface area contributed by atoms with E-state index in [2.05, 4.69) is 50.4 Å². The summed E-state index contributed by atoms with van der Waals surface area (Å²) in [5.41, 5.74) is 2.61. The molecule has 1 aliphatic rings. The van der Waals surface area contributed by atoms with Crippen LogP contribution in [0.3, 0.4) is 0 Å². The van der Waals surface area contributed by atoms with Crippen molar-refractivity contribution in [2.45, 2.75) is 58.1 Å². The molecule has 1 aromatic carbocycles. The maximum Gasteiger partial charge on any atom is 0.0918 e. The van der Waals surface area contributed by atoms with Crippen LogP contribution in [0.15, 0.2) is 24.3 Å². The first-order valence-corrected chi connectivity index (χ1v) is 7.64. The van der Waals surface area contributed by atoms with Crippen molar-refractivity contribution in [2.75, 3.05) is 13.2 Å². The predicted octanol–water partition coefficient (Wildman–Crippen LogP) is 3.64. The number of nitrogens with one attached hydrogen (secondary N) is 1. The van der Waals surface area contributed by atoms with Gasteiger partial charge < -0.3 is 10.1 Å². The van der Waals surface area contributed by atoms with Gasteiger partial charge in [-0.1, -0.05) is 44.5 Å². The van der Waals surface area contributed by atoms with E-state index in [1.165, 1.54) is 17.5 Å². The zero-order valence-electron chi connectivity index (χ0n) is 12.5. The van der Waals surface area contributed by atoms with Crippen molar-refractivity contribution in [3.05, 3.63) is 35.4 Å². The summed E-state index contributed by atoms with van der Waals surface area (Å²) in [7, 11) is 0. The quantitative estimate of drug-likeness (QED) is 0.873. The highest BCUT2D eigenvalue weighted by molar-refractivity contribution is 5.27. The Morgan fingerprint density at radius 3 is 2.63 bits per heavy atom. The second-order valence-corrected chi connectivity index (χ2v) is 5.77. The lowest BCUT2D eigenvalue weighted by Crippen LogP contribution is -2.43. The third-order valence-corrected chi connectivity index (χ3v) is 4.12. The Labute approximate surface area is 117 Å². The molecule has 1 fully saturated rings. The third kappa shape index (κ3) is 3.58. The highest BCUT2D eigenvalue weighted by Crippen LogP contribution is 2.34. The van der Waals surface area contributed by atoms with Crippen LogP contribution >= 0.6 is 0 Å². The average molecular weight is 261 g/mol. The van der Waals surface area contributed by atoms with Crippen molar-refractivity contribution in [3.63, 3.8) is 0 Å². The topological polar surface area (TPSA) is 21.3 Å². The number of hydrogen-bond donors (Lipinski definition) is 1. The molecule has 1 aliphatic heterocycles. The molecule has 0 bridgehead atoms. The van der Waals surface area contributed by atoms with Crippen LogP contribution in [0.4, 0.5) is 0 Å². The Hall–Kier alpha value is -0.860. The van der Waals surface area contributed by atoms with Crippen LogP contribution < -0.4 is 5.32 Å². The minimum Gasteiger partial charge on any atom is -0.370 e. The van der Waals surface area contributed by atoms with Gasteiger partial charge in [0, 0.05) is 12.6 Å². The first-order chi connectivity index (χ1) is 9.18. The van der Waals surface area contributed by atoms with Gasteiger partial charge in [0.1, 0.15) is 0 Å². The summed E-state index contributed by atoms with van der Waals surface area (Å²) < 4.78 is 6.09. The van der Waals surface area contributed by atoms with E-state index in [9.17, 15) is 0 Å². The Morgan fingerprint density at radius 2 is 2.00 bits per heavy atom. The van der Waals surface area contributed by atoms with Gasteiger partial charge >= 0.3 is 0 Å². The van der Waals surface area contributed by atoms with Crippen molar-refractivity contribution >= 4 is 0 Å². The SMILES string of the molecule is CCCc1ccc(C2(C)CC(NCC)CCO2)cc1. The van der Waals surface area contributed by atoms with Gasteiger partial charge in [-0.3, -0.25) is 0 Å². The zero-order chi connectivity index (χ0) is 13.7. The average Bonchev–Trinajstić information content (AvgIpc) is 2.40. The summed E-state index contributed by atoms with van der Waals surface area (Å²) >= 11 is 0. The van der Waals surface area contributed by atoms with Crippen molar-refractivity contribution in [3.8, 4) is 0 Å². The molecular formula is C17H27NO. The Balaban J connectivity index is 2.09.